The van der Waals surface area contributed by atoms with Gasteiger partial charge in [-0.1, -0.05) is 0 Å². The average molecular weight is 363 g/mol. The molecule has 7 nitrogen and oxygen atoms in total. The van der Waals surface area contributed by atoms with E-state index in [1.54, 1.807) is 6.20 Å². The number of H-pyrrole nitrogens is 2. The van der Waals surface area contributed by atoms with Crippen molar-refractivity contribution in [2.75, 3.05) is 13.1 Å². The smallest absolute Gasteiger partial charge is 0.253 e. The van der Waals surface area contributed by atoms with Crippen LogP contribution >= 0.6 is 0 Å². The molecule has 138 valence electrons. The molecule has 1 spiro atoms. The molecule has 2 aromatic heterocycles. The molecule has 1 fully saturated rings. The van der Waals surface area contributed by atoms with Crippen molar-refractivity contribution in [3.05, 3.63) is 47.0 Å². The van der Waals surface area contributed by atoms with Crippen LogP contribution in [0.3, 0.4) is 0 Å². The Balaban J connectivity index is 1.32. The molecule has 0 bridgehead atoms. The van der Waals surface area contributed by atoms with Gasteiger partial charge in [0.25, 0.3) is 5.91 Å². The lowest BCUT2D eigenvalue weighted by Crippen LogP contribution is -2.46. The number of aromatic amines is 2. The van der Waals surface area contributed by atoms with Crippen molar-refractivity contribution in [3.8, 4) is 0 Å². The first kappa shape index (κ1) is 16.2. The number of likely N-dealkylation sites (tertiary alicyclic amines) is 1. The standard InChI is InChI=1S/C20H21N5O2/c1-12-22-15-3-2-13(8-16(15)23-12)19(27)25-6-4-20(5-7-25)9-14-11-21-24-18(14)17(26)10-20/h2-3,8,11H,4-7,9-10H2,1H3,(H,21,24)(H,22,23). The Morgan fingerprint density at radius 3 is 2.85 bits per heavy atom. The number of aromatic nitrogens is 4. The Bertz CT molecular complexity index is 1060. The fraction of sp³-hybridized carbons (Fsp3) is 0.400. The summed E-state index contributed by atoms with van der Waals surface area (Å²) in [6.45, 7) is 3.27. The molecule has 2 aliphatic rings. The van der Waals surface area contributed by atoms with Crippen LogP contribution in [0, 0.1) is 12.3 Å². The number of amides is 1. The summed E-state index contributed by atoms with van der Waals surface area (Å²) in [6, 6.07) is 5.61. The molecule has 2 N–H and O–H groups in total. The van der Waals surface area contributed by atoms with Crippen LogP contribution in [0.5, 0.6) is 0 Å². The van der Waals surface area contributed by atoms with Crippen LogP contribution in [0.15, 0.2) is 24.4 Å². The third-order valence-corrected chi connectivity index (χ3v) is 6.06. The number of nitrogens with one attached hydrogen (secondary N) is 2. The van der Waals surface area contributed by atoms with Crippen molar-refractivity contribution in [2.24, 2.45) is 5.41 Å². The van der Waals surface area contributed by atoms with E-state index < -0.39 is 0 Å². The Labute approximate surface area is 156 Å². The van der Waals surface area contributed by atoms with E-state index in [2.05, 4.69) is 20.2 Å². The minimum atomic E-state index is -0.0326. The van der Waals surface area contributed by atoms with Crippen LogP contribution in [0.25, 0.3) is 11.0 Å². The highest BCUT2D eigenvalue weighted by Gasteiger charge is 2.42. The van der Waals surface area contributed by atoms with E-state index >= 15 is 0 Å². The van der Waals surface area contributed by atoms with Crippen LogP contribution in [-0.2, 0) is 6.42 Å². The first-order chi connectivity index (χ1) is 13.0. The maximum Gasteiger partial charge on any atom is 0.253 e. The molecule has 0 radical (unpaired) electrons. The number of rotatable bonds is 1. The number of hydrogen-bond acceptors (Lipinski definition) is 4. The van der Waals surface area contributed by atoms with Crippen molar-refractivity contribution in [2.45, 2.75) is 32.6 Å². The minimum absolute atomic E-state index is 0.0326. The molecule has 7 heteroatoms. The summed E-state index contributed by atoms with van der Waals surface area (Å²) in [6.07, 6.45) is 4.88. The van der Waals surface area contributed by atoms with Crippen molar-refractivity contribution >= 4 is 22.7 Å². The van der Waals surface area contributed by atoms with Crippen LogP contribution in [-0.4, -0.2) is 49.8 Å². The zero-order valence-corrected chi connectivity index (χ0v) is 15.2. The molecule has 0 saturated carbocycles. The van der Waals surface area contributed by atoms with E-state index in [1.165, 1.54) is 0 Å². The zero-order chi connectivity index (χ0) is 18.6. The molecule has 0 atom stereocenters. The molecule has 1 saturated heterocycles. The van der Waals surface area contributed by atoms with Gasteiger partial charge in [0.2, 0.25) is 0 Å². The van der Waals surface area contributed by atoms with Crippen molar-refractivity contribution < 1.29 is 9.59 Å². The van der Waals surface area contributed by atoms with Crippen molar-refractivity contribution in [1.82, 2.24) is 25.1 Å². The number of benzene rings is 1. The highest BCUT2D eigenvalue weighted by molar-refractivity contribution is 5.98. The van der Waals surface area contributed by atoms with Gasteiger partial charge < -0.3 is 9.88 Å². The van der Waals surface area contributed by atoms with Crippen molar-refractivity contribution in [1.29, 1.82) is 0 Å². The normalized spacial score (nSPS) is 18.9. The van der Waals surface area contributed by atoms with Gasteiger partial charge in [0.1, 0.15) is 11.5 Å². The van der Waals surface area contributed by atoms with E-state index in [1.807, 2.05) is 30.0 Å². The summed E-state index contributed by atoms with van der Waals surface area (Å²) in [5.41, 5.74) is 4.10. The van der Waals surface area contributed by atoms with Gasteiger partial charge >= 0.3 is 0 Å². The number of carbonyl (C=O) groups is 2. The number of nitrogens with zero attached hydrogens (tertiary/aromatic N) is 3. The Morgan fingerprint density at radius 1 is 1.22 bits per heavy atom. The van der Waals surface area contributed by atoms with Crippen LogP contribution < -0.4 is 0 Å². The molecule has 3 aromatic rings. The molecular weight excluding hydrogens is 342 g/mol. The quantitative estimate of drug-likeness (QED) is 0.695. The van der Waals surface area contributed by atoms with Gasteiger partial charge in [-0.3, -0.25) is 14.7 Å². The summed E-state index contributed by atoms with van der Waals surface area (Å²) in [5.74, 6) is 1.04. The number of Topliss-reactive ketones (excluding diaryl/α,β-unsaturated/α-hetero) is 1. The van der Waals surface area contributed by atoms with Crippen molar-refractivity contribution in [3.63, 3.8) is 0 Å². The molecule has 3 heterocycles. The van der Waals surface area contributed by atoms with E-state index in [4.69, 9.17) is 0 Å². The summed E-state index contributed by atoms with van der Waals surface area (Å²) in [5, 5.41) is 6.85. The fourth-order valence-electron chi connectivity index (χ4n) is 4.57. The van der Waals surface area contributed by atoms with Gasteiger partial charge in [-0.05, 0) is 49.8 Å². The summed E-state index contributed by atoms with van der Waals surface area (Å²) >= 11 is 0. The maximum atomic E-state index is 13.0. The molecule has 0 unspecified atom stereocenters. The second-order valence-electron chi connectivity index (χ2n) is 7.89. The zero-order valence-electron chi connectivity index (χ0n) is 15.2. The van der Waals surface area contributed by atoms with E-state index in [-0.39, 0.29) is 17.1 Å². The van der Waals surface area contributed by atoms with Gasteiger partial charge in [-0.25, -0.2) is 4.98 Å². The Hall–Kier alpha value is -2.96. The van der Waals surface area contributed by atoms with Crippen LogP contribution in [0.1, 0.15) is 51.5 Å². The number of carbonyl (C=O) groups excluding carboxylic acids is 2. The summed E-state index contributed by atoms with van der Waals surface area (Å²) < 4.78 is 0. The fourth-order valence-corrected chi connectivity index (χ4v) is 4.57. The lowest BCUT2D eigenvalue weighted by atomic mass is 9.67. The van der Waals surface area contributed by atoms with Crippen LogP contribution in [0.4, 0.5) is 0 Å². The third-order valence-electron chi connectivity index (χ3n) is 6.06. The molecule has 27 heavy (non-hydrogen) atoms. The van der Waals surface area contributed by atoms with Gasteiger partial charge in [0, 0.05) is 30.6 Å². The van der Waals surface area contributed by atoms with Gasteiger partial charge in [-0.15, -0.1) is 0 Å². The molecule has 1 amide bonds. The second-order valence-corrected chi connectivity index (χ2v) is 7.89. The number of fused-ring (bicyclic) bond motifs is 2. The second kappa shape index (κ2) is 5.77. The molecule has 5 rings (SSSR count). The highest BCUT2D eigenvalue weighted by Crippen LogP contribution is 2.43. The topological polar surface area (TPSA) is 94.7 Å². The molecule has 1 aliphatic heterocycles. The lowest BCUT2D eigenvalue weighted by molar-refractivity contribution is 0.0520. The van der Waals surface area contributed by atoms with Gasteiger partial charge in [-0.2, -0.15) is 5.10 Å². The van der Waals surface area contributed by atoms with Crippen LogP contribution in [0.2, 0.25) is 0 Å². The number of hydrogen-bond donors (Lipinski definition) is 2. The van der Waals surface area contributed by atoms with E-state index in [0.29, 0.717) is 30.8 Å². The van der Waals surface area contributed by atoms with Gasteiger partial charge in [0.05, 0.1) is 17.2 Å². The monoisotopic (exact) mass is 363 g/mol. The third kappa shape index (κ3) is 2.65. The first-order valence-electron chi connectivity index (χ1n) is 9.34. The average Bonchev–Trinajstić information content (AvgIpc) is 3.26. The SMILES string of the molecule is Cc1nc2ccc(C(=O)N3CCC4(CC3)CC(=O)c3[nH]ncc3C4)cc2[nH]1. The maximum absolute atomic E-state index is 13.0. The van der Waals surface area contributed by atoms with Gasteiger partial charge in [0.15, 0.2) is 5.78 Å². The molecule has 1 aliphatic carbocycles. The number of piperidine rings is 1. The predicted octanol–water partition coefficient (Wildman–Crippen LogP) is 2.65. The molecular formula is C20H21N5O2. The Morgan fingerprint density at radius 2 is 2.04 bits per heavy atom. The number of aryl methyl sites for hydroxylation is 1. The lowest BCUT2D eigenvalue weighted by Gasteiger charge is -2.43. The number of imidazole rings is 1. The highest BCUT2D eigenvalue weighted by atomic mass is 16.2. The summed E-state index contributed by atoms with van der Waals surface area (Å²) in [7, 11) is 0. The minimum Gasteiger partial charge on any atom is -0.342 e. The van der Waals surface area contributed by atoms with E-state index in [0.717, 1.165) is 41.7 Å². The summed E-state index contributed by atoms with van der Waals surface area (Å²) in [4.78, 5) is 34.9. The molecule has 1 aromatic carbocycles. The van der Waals surface area contributed by atoms with E-state index in [9.17, 15) is 9.59 Å². The first-order valence-corrected chi connectivity index (χ1v) is 9.34. The largest absolute Gasteiger partial charge is 0.342 e. The Kier molecular flexibility index (Phi) is 3.47. The predicted molar refractivity (Wildman–Crippen MR) is 99.6 cm³/mol. The number of ketones is 1.